The molecule has 2 aromatic rings. The standard InChI is InChI=1S/C19H23N3O2/c1-15(23)22(3)18-11-9-17(10-12-18)20-13-19(24)21(2)14-16-7-5-4-6-8-16/h4-12,20H,13-14H2,1-3H3. The van der Waals surface area contributed by atoms with Crippen LogP contribution in [-0.4, -0.2) is 37.4 Å². The number of hydrogen-bond acceptors (Lipinski definition) is 3. The number of nitrogens with zero attached hydrogens (tertiary/aromatic N) is 2. The quantitative estimate of drug-likeness (QED) is 0.888. The Morgan fingerprint density at radius 2 is 1.58 bits per heavy atom. The molecule has 24 heavy (non-hydrogen) atoms. The average Bonchev–Trinajstić information content (AvgIpc) is 2.60. The van der Waals surface area contributed by atoms with Crippen LogP contribution in [0.1, 0.15) is 12.5 Å². The van der Waals surface area contributed by atoms with E-state index in [1.54, 1.807) is 23.9 Å². The van der Waals surface area contributed by atoms with Crippen LogP contribution in [0.4, 0.5) is 11.4 Å². The summed E-state index contributed by atoms with van der Waals surface area (Å²) in [5.41, 5.74) is 2.77. The van der Waals surface area contributed by atoms with Crippen molar-refractivity contribution in [1.82, 2.24) is 4.90 Å². The zero-order valence-electron chi connectivity index (χ0n) is 14.3. The normalized spacial score (nSPS) is 10.1. The summed E-state index contributed by atoms with van der Waals surface area (Å²) in [6.45, 7) is 2.34. The van der Waals surface area contributed by atoms with E-state index >= 15 is 0 Å². The largest absolute Gasteiger partial charge is 0.376 e. The highest BCUT2D eigenvalue weighted by Crippen LogP contribution is 2.16. The third kappa shape index (κ3) is 4.84. The summed E-state index contributed by atoms with van der Waals surface area (Å²) in [5, 5.41) is 3.11. The van der Waals surface area contributed by atoms with E-state index < -0.39 is 0 Å². The summed E-state index contributed by atoms with van der Waals surface area (Å²) in [5.74, 6) is -0.00259. The molecule has 0 fully saturated rings. The van der Waals surface area contributed by atoms with Crippen LogP contribution in [0, 0.1) is 0 Å². The van der Waals surface area contributed by atoms with Gasteiger partial charge in [-0.3, -0.25) is 9.59 Å². The molecule has 2 amide bonds. The van der Waals surface area contributed by atoms with Gasteiger partial charge in [0.05, 0.1) is 6.54 Å². The van der Waals surface area contributed by atoms with Gasteiger partial charge in [0.2, 0.25) is 11.8 Å². The Labute approximate surface area is 142 Å². The monoisotopic (exact) mass is 325 g/mol. The first-order valence-electron chi connectivity index (χ1n) is 7.83. The van der Waals surface area contributed by atoms with Gasteiger partial charge in [0.15, 0.2) is 0 Å². The summed E-state index contributed by atoms with van der Waals surface area (Å²) in [6.07, 6.45) is 0. The second kappa shape index (κ2) is 8.15. The topological polar surface area (TPSA) is 52.7 Å². The third-order valence-electron chi connectivity index (χ3n) is 3.86. The predicted molar refractivity (Wildman–Crippen MR) is 96.9 cm³/mol. The molecule has 2 aromatic carbocycles. The van der Waals surface area contributed by atoms with E-state index in [4.69, 9.17) is 0 Å². The van der Waals surface area contributed by atoms with Gasteiger partial charge in [-0.25, -0.2) is 0 Å². The van der Waals surface area contributed by atoms with Crippen molar-refractivity contribution < 1.29 is 9.59 Å². The second-order valence-corrected chi connectivity index (χ2v) is 5.71. The maximum Gasteiger partial charge on any atom is 0.241 e. The van der Waals surface area contributed by atoms with Gasteiger partial charge >= 0.3 is 0 Å². The third-order valence-corrected chi connectivity index (χ3v) is 3.86. The van der Waals surface area contributed by atoms with Gasteiger partial charge in [0.1, 0.15) is 0 Å². The lowest BCUT2D eigenvalue weighted by atomic mass is 10.2. The number of anilines is 2. The summed E-state index contributed by atoms with van der Waals surface area (Å²) >= 11 is 0. The van der Waals surface area contributed by atoms with Gasteiger partial charge < -0.3 is 15.1 Å². The Morgan fingerprint density at radius 3 is 2.17 bits per heavy atom. The number of rotatable bonds is 6. The highest BCUT2D eigenvalue weighted by atomic mass is 16.2. The molecule has 0 radical (unpaired) electrons. The molecule has 0 aliphatic heterocycles. The molecule has 0 heterocycles. The van der Waals surface area contributed by atoms with E-state index in [-0.39, 0.29) is 18.4 Å². The lowest BCUT2D eigenvalue weighted by molar-refractivity contribution is -0.128. The van der Waals surface area contributed by atoms with Crippen molar-refractivity contribution in [2.45, 2.75) is 13.5 Å². The second-order valence-electron chi connectivity index (χ2n) is 5.71. The van der Waals surface area contributed by atoms with Gasteiger partial charge in [0.25, 0.3) is 0 Å². The van der Waals surface area contributed by atoms with Crippen LogP contribution in [0.2, 0.25) is 0 Å². The summed E-state index contributed by atoms with van der Waals surface area (Å²) in [7, 11) is 3.52. The number of likely N-dealkylation sites (N-methyl/N-ethyl adjacent to an activating group) is 1. The lowest BCUT2D eigenvalue weighted by Gasteiger charge is -2.18. The van der Waals surface area contributed by atoms with Gasteiger partial charge in [-0.05, 0) is 29.8 Å². The minimum atomic E-state index is -0.0200. The minimum Gasteiger partial charge on any atom is -0.376 e. The summed E-state index contributed by atoms with van der Waals surface area (Å²) in [4.78, 5) is 26.8. The fraction of sp³-hybridized carbons (Fsp3) is 0.263. The van der Waals surface area contributed by atoms with Crippen LogP contribution in [-0.2, 0) is 16.1 Å². The number of carbonyl (C=O) groups excluding carboxylic acids is 2. The zero-order valence-corrected chi connectivity index (χ0v) is 14.3. The van der Waals surface area contributed by atoms with E-state index in [1.165, 1.54) is 6.92 Å². The molecule has 0 bridgehead atoms. The van der Waals surface area contributed by atoms with E-state index in [0.29, 0.717) is 6.54 Å². The number of hydrogen-bond donors (Lipinski definition) is 1. The van der Waals surface area contributed by atoms with Crippen molar-refractivity contribution in [2.24, 2.45) is 0 Å². The molecule has 0 aliphatic carbocycles. The molecule has 1 N–H and O–H groups in total. The fourth-order valence-electron chi connectivity index (χ4n) is 2.24. The molecule has 0 unspecified atom stereocenters. The first-order chi connectivity index (χ1) is 11.5. The van der Waals surface area contributed by atoms with Crippen LogP contribution in [0.5, 0.6) is 0 Å². The number of nitrogens with one attached hydrogen (secondary N) is 1. The summed E-state index contributed by atoms with van der Waals surface area (Å²) in [6, 6.07) is 17.3. The smallest absolute Gasteiger partial charge is 0.241 e. The molecule has 5 nitrogen and oxygen atoms in total. The van der Waals surface area contributed by atoms with Crippen molar-refractivity contribution >= 4 is 23.2 Å². The van der Waals surface area contributed by atoms with E-state index in [0.717, 1.165) is 16.9 Å². The first-order valence-corrected chi connectivity index (χ1v) is 7.83. The van der Waals surface area contributed by atoms with Gasteiger partial charge in [-0.15, -0.1) is 0 Å². The van der Waals surface area contributed by atoms with E-state index in [1.807, 2.05) is 54.6 Å². The van der Waals surface area contributed by atoms with Crippen molar-refractivity contribution in [3.63, 3.8) is 0 Å². The summed E-state index contributed by atoms with van der Waals surface area (Å²) < 4.78 is 0. The van der Waals surface area contributed by atoms with Crippen molar-refractivity contribution in [2.75, 3.05) is 30.9 Å². The Morgan fingerprint density at radius 1 is 0.958 bits per heavy atom. The predicted octanol–water partition coefficient (Wildman–Crippen LogP) is 2.74. The first kappa shape index (κ1) is 17.5. The molecule has 2 rings (SSSR count). The fourth-order valence-corrected chi connectivity index (χ4v) is 2.24. The Hall–Kier alpha value is -2.82. The minimum absolute atomic E-state index is 0.0174. The molecule has 0 saturated carbocycles. The Bertz CT molecular complexity index is 684. The van der Waals surface area contributed by atoms with Crippen LogP contribution in [0.3, 0.4) is 0 Å². The van der Waals surface area contributed by atoms with Crippen LogP contribution >= 0.6 is 0 Å². The van der Waals surface area contributed by atoms with E-state index in [9.17, 15) is 9.59 Å². The molecule has 0 saturated heterocycles. The highest BCUT2D eigenvalue weighted by Gasteiger charge is 2.09. The van der Waals surface area contributed by atoms with Crippen LogP contribution in [0.25, 0.3) is 0 Å². The SMILES string of the molecule is CC(=O)N(C)c1ccc(NCC(=O)N(C)Cc2ccccc2)cc1. The number of carbonyl (C=O) groups is 2. The van der Waals surface area contributed by atoms with Gasteiger partial charge in [-0.1, -0.05) is 30.3 Å². The number of benzene rings is 2. The van der Waals surface area contributed by atoms with Crippen molar-refractivity contribution in [1.29, 1.82) is 0 Å². The highest BCUT2D eigenvalue weighted by molar-refractivity contribution is 5.91. The van der Waals surface area contributed by atoms with Crippen LogP contribution < -0.4 is 10.2 Å². The average molecular weight is 325 g/mol. The van der Waals surface area contributed by atoms with Gasteiger partial charge in [0, 0.05) is 38.9 Å². The van der Waals surface area contributed by atoms with Crippen molar-refractivity contribution in [3.05, 3.63) is 60.2 Å². The Balaban J connectivity index is 1.86. The lowest BCUT2D eigenvalue weighted by Crippen LogP contribution is -2.31. The maximum absolute atomic E-state index is 12.2. The number of amides is 2. The molecular formula is C19H23N3O2. The molecule has 0 spiro atoms. The van der Waals surface area contributed by atoms with Gasteiger partial charge in [-0.2, -0.15) is 0 Å². The maximum atomic E-state index is 12.2. The van der Waals surface area contributed by atoms with Crippen LogP contribution in [0.15, 0.2) is 54.6 Å². The molecule has 126 valence electrons. The molecule has 0 atom stereocenters. The molecular weight excluding hydrogens is 302 g/mol. The zero-order chi connectivity index (χ0) is 17.5. The van der Waals surface area contributed by atoms with Crippen molar-refractivity contribution in [3.8, 4) is 0 Å². The van der Waals surface area contributed by atoms with E-state index in [2.05, 4.69) is 5.32 Å². The molecule has 0 aliphatic rings. The Kier molecular flexibility index (Phi) is 5.95. The molecule has 0 aromatic heterocycles. The molecule has 5 heteroatoms.